The molecule has 0 aliphatic carbocycles. The van der Waals surface area contributed by atoms with Crippen molar-refractivity contribution < 1.29 is 0 Å². The molecule has 16 heavy (non-hydrogen) atoms. The number of fused-ring (bicyclic) bond motifs is 1. The van der Waals surface area contributed by atoms with Gasteiger partial charge in [0, 0.05) is 18.2 Å². The standard InChI is InChI=1S/C15H15N/c1-2-6-12(7-3-1)13-10-11-16-15-9-5-4-8-14(13)15/h1-9,13,16H,10-11H2/t13-/m1/s1. The van der Waals surface area contributed by atoms with E-state index < -0.39 is 0 Å². The molecule has 0 radical (unpaired) electrons. The minimum atomic E-state index is 0.554. The number of hydrogen-bond donors (Lipinski definition) is 1. The zero-order valence-electron chi connectivity index (χ0n) is 9.19. The molecule has 1 nitrogen and oxygen atoms in total. The molecule has 1 heterocycles. The van der Waals surface area contributed by atoms with Crippen molar-refractivity contribution in [1.29, 1.82) is 0 Å². The van der Waals surface area contributed by atoms with Gasteiger partial charge in [0.1, 0.15) is 0 Å². The third kappa shape index (κ3) is 1.58. The van der Waals surface area contributed by atoms with Crippen LogP contribution in [0.25, 0.3) is 0 Å². The van der Waals surface area contributed by atoms with Crippen molar-refractivity contribution in [1.82, 2.24) is 0 Å². The van der Waals surface area contributed by atoms with Crippen molar-refractivity contribution >= 4 is 5.69 Å². The van der Waals surface area contributed by atoms with Crippen LogP contribution in [-0.4, -0.2) is 6.54 Å². The molecule has 0 amide bonds. The maximum atomic E-state index is 3.46. The van der Waals surface area contributed by atoms with Crippen LogP contribution in [0, 0.1) is 0 Å². The molecule has 0 saturated heterocycles. The Labute approximate surface area is 96.1 Å². The van der Waals surface area contributed by atoms with Crippen LogP contribution in [0.2, 0.25) is 0 Å². The molecular weight excluding hydrogens is 194 g/mol. The summed E-state index contributed by atoms with van der Waals surface area (Å²) < 4.78 is 0. The number of para-hydroxylation sites is 1. The second-order valence-corrected chi connectivity index (χ2v) is 4.27. The summed E-state index contributed by atoms with van der Waals surface area (Å²) in [5, 5.41) is 3.46. The molecule has 80 valence electrons. The quantitative estimate of drug-likeness (QED) is 0.756. The third-order valence-corrected chi connectivity index (χ3v) is 3.29. The van der Waals surface area contributed by atoms with Crippen molar-refractivity contribution in [2.45, 2.75) is 12.3 Å². The van der Waals surface area contributed by atoms with Gasteiger partial charge in [-0.15, -0.1) is 0 Å². The van der Waals surface area contributed by atoms with Crippen molar-refractivity contribution in [3.63, 3.8) is 0 Å². The number of hydrogen-bond acceptors (Lipinski definition) is 1. The molecule has 0 aromatic heterocycles. The molecule has 1 aliphatic heterocycles. The highest BCUT2D eigenvalue weighted by Crippen LogP contribution is 2.35. The van der Waals surface area contributed by atoms with E-state index in [4.69, 9.17) is 0 Å². The second-order valence-electron chi connectivity index (χ2n) is 4.27. The SMILES string of the molecule is c1ccc([C@H]2CCNc3ccccc32)cc1. The van der Waals surface area contributed by atoms with Crippen LogP contribution in [0.15, 0.2) is 54.6 Å². The maximum Gasteiger partial charge on any atom is 0.0379 e. The largest absolute Gasteiger partial charge is 0.385 e. The molecule has 3 rings (SSSR count). The Kier molecular flexibility index (Phi) is 2.37. The number of rotatable bonds is 1. The van der Waals surface area contributed by atoms with Gasteiger partial charge in [0.15, 0.2) is 0 Å². The molecule has 0 bridgehead atoms. The molecule has 1 atom stereocenters. The van der Waals surface area contributed by atoms with E-state index in [1.54, 1.807) is 0 Å². The summed E-state index contributed by atoms with van der Waals surface area (Å²) in [6, 6.07) is 19.4. The molecule has 2 aromatic rings. The lowest BCUT2D eigenvalue weighted by Gasteiger charge is -2.27. The molecule has 0 saturated carbocycles. The van der Waals surface area contributed by atoms with E-state index in [0.717, 1.165) is 6.54 Å². The lowest BCUT2D eigenvalue weighted by atomic mass is 9.85. The summed E-state index contributed by atoms with van der Waals surface area (Å²) >= 11 is 0. The van der Waals surface area contributed by atoms with Crippen molar-refractivity contribution in [2.75, 3.05) is 11.9 Å². The van der Waals surface area contributed by atoms with Gasteiger partial charge in [-0.1, -0.05) is 48.5 Å². The zero-order valence-corrected chi connectivity index (χ0v) is 9.19. The molecule has 1 N–H and O–H groups in total. The van der Waals surface area contributed by atoms with Gasteiger partial charge in [0.2, 0.25) is 0 Å². The van der Waals surface area contributed by atoms with Gasteiger partial charge in [0.05, 0.1) is 0 Å². The average Bonchev–Trinajstić information content (AvgIpc) is 2.39. The highest BCUT2D eigenvalue weighted by atomic mass is 14.9. The lowest BCUT2D eigenvalue weighted by molar-refractivity contribution is 0.720. The highest BCUT2D eigenvalue weighted by Gasteiger charge is 2.20. The molecular formula is C15H15N. The fourth-order valence-corrected chi connectivity index (χ4v) is 2.50. The van der Waals surface area contributed by atoms with Crippen LogP contribution < -0.4 is 5.32 Å². The molecule has 0 unspecified atom stereocenters. The number of nitrogens with one attached hydrogen (secondary N) is 1. The van der Waals surface area contributed by atoms with Crippen molar-refractivity contribution in [3.8, 4) is 0 Å². The van der Waals surface area contributed by atoms with Gasteiger partial charge in [0.25, 0.3) is 0 Å². The van der Waals surface area contributed by atoms with Crippen LogP contribution in [0.5, 0.6) is 0 Å². The summed E-state index contributed by atoms with van der Waals surface area (Å²) in [7, 11) is 0. The Hall–Kier alpha value is -1.76. The first-order chi connectivity index (χ1) is 7.95. The first-order valence-electron chi connectivity index (χ1n) is 5.83. The highest BCUT2D eigenvalue weighted by molar-refractivity contribution is 5.57. The van der Waals surface area contributed by atoms with Crippen LogP contribution in [0.1, 0.15) is 23.5 Å². The summed E-state index contributed by atoms with van der Waals surface area (Å²) in [4.78, 5) is 0. The minimum absolute atomic E-state index is 0.554. The average molecular weight is 209 g/mol. The smallest absolute Gasteiger partial charge is 0.0379 e. The fraction of sp³-hybridized carbons (Fsp3) is 0.200. The van der Waals surface area contributed by atoms with E-state index in [-0.39, 0.29) is 0 Å². The summed E-state index contributed by atoms with van der Waals surface area (Å²) in [5.41, 5.74) is 4.15. The Balaban J connectivity index is 2.05. The topological polar surface area (TPSA) is 12.0 Å². The van der Waals surface area contributed by atoms with Crippen LogP contribution in [-0.2, 0) is 0 Å². The van der Waals surface area contributed by atoms with E-state index in [1.807, 2.05) is 0 Å². The van der Waals surface area contributed by atoms with Crippen molar-refractivity contribution in [3.05, 3.63) is 65.7 Å². The zero-order chi connectivity index (χ0) is 10.8. The van der Waals surface area contributed by atoms with Crippen molar-refractivity contribution in [2.24, 2.45) is 0 Å². The summed E-state index contributed by atoms with van der Waals surface area (Å²) in [6.07, 6.45) is 1.18. The Morgan fingerprint density at radius 3 is 2.50 bits per heavy atom. The van der Waals surface area contributed by atoms with E-state index >= 15 is 0 Å². The van der Waals surface area contributed by atoms with Crippen LogP contribution in [0.3, 0.4) is 0 Å². The lowest BCUT2D eigenvalue weighted by Crippen LogP contribution is -2.17. The normalized spacial score (nSPS) is 18.6. The molecule has 2 aromatic carbocycles. The van der Waals surface area contributed by atoms with Gasteiger partial charge in [-0.3, -0.25) is 0 Å². The molecule has 1 aliphatic rings. The Morgan fingerprint density at radius 2 is 1.62 bits per heavy atom. The van der Waals surface area contributed by atoms with E-state index in [1.165, 1.54) is 23.2 Å². The monoisotopic (exact) mass is 209 g/mol. The molecule has 1 heteroatoms. The minimum Gasteiger partial charge on any atom is -0.385 e. The Morgan fingerprint density at radius 1 is 0.875 bits per heavy atom. The fourth-order valence-electron chi connectivity index (χ4n) is 2.50. The first-order valence-corrected chi connectivity index (χ1v) is 5.83. The van der Waals surface area contributed by atoms with Gasteiger partial charge in [-0.25, -0.2) is 0 Å². The van der Waals surface area contributed by atoms with Gasteiger partial charge < -0.3 is 5.32 Å². The predicted molar refractivity (Wildman–Crippen MR) is 67.8 cm³/mol. The Bertz CT molecular complexity index is 476. The van der Waals surface area contributed by atoms with Gasteiger partial charge in [-0.2, -0.15) is 0 Å². The van der Waals surface area contributed by atoms with E-state index in [0.29, 0.717) is 5.92 Å². The first kappa shape index (κ1) is 9.46. The molecule has 0 fully saturated rings. The second kappa shape index (κ2) is 4.01. The van der Waals surface area contributed by atoms with E-state index in [9.17, 15) is 0 Å². The number of benzene rings is 2. The van der Waals surface area contributed by atoms with Crippen LogP contribution in [0.4, 0.5) is 5.69 Å². The summed E-state index contributed by atoms with van der Waals surface area (Å²) in [6.45, 7) is 1.07. The van der Waals surface area contributed by atoms with E-state index in [2.05, 4.69) is 59.9 Å². The predicted octanol–water partition coefficient (Wildman–Crippen LogP) is 3.63. The van der Waals surface area contributed by atoms with Crippen LogP contribution >= 0.6 is 0 Å². The number of anilines is 1. The summed E-state index contributed by atoms with van der Waals surface area (Å²) in [5.74, 6) is 0.554. The molecule has 0 spiro atoms. The van der Waals surface area contributed by atoms with Gasteiger partial charge in [-0.05, 0) is 23.6 Å². The third-order valence-electron chi connectivity index (χ3n) is 3.29. The van der Waals surface area contributed by atoms with Gasteiger partial charge >= 0.3 is 0 Å². The maximum absolute atomic E-state index is 3.46.